The Morgan fingerprint density at radius 3 is 2.08 bits per heavy atom. The summed E-state index contributed by atoms with van der Waals surface area (Å²) in [6.07, 6.45) is 1.19. The first-order chi connectivity index (χ1) is 18.7. The predicted molar refractivity (Wildman–Crippen MR) is 162 cm³/mol. The SMILES string of the molecule is CC(C)(C)NC(=O)C(Cc1ccccc1)N(Cc1ccc(Cl)cc1)C(=O)CN(c1cccc(Cl)c1Cl)S(C)(=O)=O. The minimum atomic E-state index is -3.97. The molecule has 3 aromatic carbocycles. The van der Waals surface area contributed by atoms with E-state index < -0.39 is 34.1 Å². The number of hydrogen-bond donors (Lipinski definition) is 1. The van der Waals surface area contributed by atoms with E-state index in [2.05, 4.69) is 5.32 Å². The lowest BCUT2D eigenvalue weighted by atomic mass is 10.0. The van der Waals surface area contributed by atoms with E-state index in [4.69, 9.17) is 34.8 Å². The standard InChI is InChI=1S/C29H32Cl3N3O4S/c1-29(2,3)33-28(37)25(17-20-9-6-5-7-10-20)34(18-21-13-15-22(30)16-14-21)26(36)19-35(40(4,38)39)24-12-8-11-23(31)27(24)32/h5-16,25H,17-19H2,1-4H3,(H,33,37). The second-order valence-electron chi connectivity index (χ2n) is 10.4. The molecule has 11 heteroatoms. The highest BCUT2D eigenvalue weighted by atomic mass is 35.5. The second kappa shape index (κ2) is 13.3. The van der Waals surface area contributed by atoms with Gasteiger partial charge in [-0.2, -0.15) is 0 Å². The first-order valence-corrected chi connectivity index (χ1v) is 15.5. The molecule has 0 aliphatic rings. The maximum atomic E-state index is 14.1. The lowest BCUT2D eigenvalue weighted by Crippen LogP contribution is -2.56. The van der Waals surface area contributed by atoms with Gasteiger partial charge in [0.05, 0.1) is 22.0 Å². The Labute approximate surface area is 251 Å². The van der Waals surface area contributed by atoms with Crippen LogP contribution in [0, 0.1) is 0 Å². The second-order valence-corrected chi connectivity index (χ2v) is 13.6. The summed E-state index contributed by atoms with van der Waals surface area (Å²) in [7, 11) is -3.97. The van der Waals surface area contributed by atoms with Crippen molar-refractivity contribution in [2.24, 2.45) is 0 Å². The van der Waals surface area contributed by atoms with Crippen LogP contribution in [0.3, 0.4) is 0 Å². The molecule has 3 rings (SSSR count). The van der Waals surface area contributed by atoms with Crippen molar-refractivity contribution in [2.45, 2.75) is 45.3 Å². The quantitative estimate of drug-likeness (QED) is 0.301. The Morgan fingerprint density at radius 1 is 0.875 bits per heavy atom. The molecule has 7 nitrogen and oxygen atoms in total. The van der Waals surface area contributed by atoms with E-state index in [1.54, 1.807) is 30.3 Å². The summed E-state index contributed by atoms with van der Waals surface area (Å²) in [5.74, 6) is -0.966. The van der Waals surface area contributed by atoms with Gasteiger partial charge in [0.15, 0.2) is 0 Å². The average molecular weight is 625 g/mol. The first-order valence-electron chi connectivity index (χ1n) is 12.5. The fourth-order valence-electron chi connectivity index (χ4n) is 4.07. The van der Waals surface area contributed by atoms with Crippen LogP contribution in [-0.4, -0.2) is 49.5 Å². The minimum absolute atomic E-state index is 0.00189. The molecule has 2 amide bonds. The van der Waals surface area contributed by atoms with E-state index in [0.29, 0.717) is 10.6 Å². The number of carbonyl (C=O) groups excluding carboxylic acids is 2. The Morgan fingerprint density at radius 2 is 1.50 bits per heavy atom. The van der Waals surface area contributed by atoms with Crippen LogP contribution >= 0.6 is 34.8 Å². The van der Waals surface area contributed by atoms with Crippen molar-refractivity contribution in [3.05, 3.63) is 99.0 Å². The maximum absolute atomic E-state index is 14.1. The number of sulfonamides is 1. The molecule has 0 saturated heterocycles. The lowest BCUT2D eigenvalue weighted by Gasteiger charge is -2.35. The zero-order chi connectivity index (χ0) is 29.7. The first kappa shape index (κ1) is 31.7. The molecule has 0 saturated carbocycles. The molecule has 0 aromatic heterocycles. The summed E-state index contributed by atoms with van der Waals surface area (Å²) in [4.78, 5) is 29.2. The van der Waals surface area contributed by atoms with Gasteiger partial charge in [0.1, 0.15) is 12.6 Å². The van der Waals surface area contributed by atoms with Crippen LogP contribution in [0.15, 0.2) is 72.8 Å². The fraction of sp³-hybridized carbons (Fsp3) is 0.310. The van der Waals surface area contributed by atoms with Crippen LogP contribution in [0.1, 0.15) is 31.9 Å². The highest BCUT2D eigenvalue weighted by Gasteiger charge is 2.34. The third kappa shape index (κ3) is 8.86. The molecule has 0 fully saturated rings. The van der Waals surface area contributed by atoms with Crippen LogP contribution < -0.4 is 9.62 Å². The van der Waals surface area contributed by atoms with Crippen LogP contribution in [0.2, 0.25) is 15.1 Å². The lowest BCUT2D eigenvalue weighted by molar-refractivity contribution is -0.140. The number of carbonyl (C=O) groups is 2. The Kier molecular flexibility index (Phi) is 10.5. The monoisotopic (exact) mass is 623 g/mol. The largest absolute Gasteiger partial charge is 0.350 e. The third-order valence-electron chi connectivity index (χ3n) is 5.91. The number of rotatable bonds is 10. The smallest absolute Gasteiger partial charge is 0.244 e. The van der Waals surface area contributed by atoms with Crippen LogP contribution in [0.25, 0.3) is 0 Å². The van der Waals surface area contributed by atoms with E-state index in [-0.39, 0.29) is 34.6 Å². The summed E-state index contributed by atoms with van der Waals surface area (Å²) in [6.45, 7) is 4.99. The average Bonchev–Trinajstić information content (AvgIpc) is 2.86. The molecule has 1 atom stereocenters. The summed E-state index contributed by atoms with van der Waals surface area (Å²) in [6, 6.07) is 19.8. The number of hydrogen-bond acceptors (Lipinski definition) is 4. The van der Waals surface area contributed by atoms with Crippen molar-refractivity contribution in [1.29, 1.82) is 0 Å². The minimum Gasteiger partial charge on any atom is -0.350 e. The van der Waals surface area contributed by atoms with Gasteiger partial charge in [0.25, 0.3) is 0 Å². The van der Waals surface area contributed by atoms with E-state index in [9.17, 15) is 18.0 Å². The van der Waals surface area contributed by atoms with Crippen molar-refractivity contribution in [2.75, 3.05) is 17.1 Å². The topological polar surface area (TPSA) is 86.8 Å². The molecule has 214 valence electrons. The molecule has 0 bridgehead atoms. The van der Waals surface area contributed by atoms with Gasteiger partial charge in [-0.1, -0.05) is 83.3 Å². The normalized spacial score (nSPS) is 12.5. The third-order valence-corrected chi connectivity index (χ3v) is 8.10. The van der Waals surface area contributed by atoms with Crippen molar-refractivity contribution in [3.8, 4) is 0 Å². The Balaban J connectivity index is 2.09. The predicted octanol–water partition coefficient (Wildman–Crippen LogP) is 5.97. The van der Waals surface area contributed by atoms with Gasteiger partial charge >= 0.3 is 0 Å². The maximum Gasteiger partial charge on any atom is 0.244 e. The fourth-order valence-corrected chi connectivity index (χ4v) is 5.50. The van der Waals surface area contributed by atoms with Crippen molar-refractivity contribution < 1.29 is 18.0 Å². The van der Waals surface area contributed by atoms with Gasteiger partial charge in [0, 0.05) is 23.5 Å². The van der Waals surface area contributed by atoms with Crippen molar-refractivity contribution in [3.63, 3.8) is 0 Å². The van der Waals surface area contributed by atoms with Crippen molar-refractivity contribution in [1.82, 2.24) is 10.2 Å². The number of amides is 2. The van der Waals surface area contributed by atoms with Crippen LogP contribution in [0.5, 0.6) is 0 Å². The summed E-state index contributed by atoms with van der Waals surface area (Å²) < 4.78 is 26.7. The molecule has 1 unspecified atom stereocenters. The van der Waals surface area contributed by atoms with E-state index in [1.165, 1.54) is 17.0 Å². The molecular formula is C29H32Cl3N3O4S. The van der Waals surface area contributed by atoms with Crippen LogP contribution in [0.4, 0.5) is 5.69 Å². The van der Waals surface area contributed by atoms with Gasteiger partial charge in [-0.25, -0.2) is 8.42 Å². The summed E-state index contributed by atoms with van der Waals surface area (Å²) >= 11 is 18.6. The van der Waals surface area contributed by atoms with Gasteiger partial charge in [-0.3, -0.25) is 13.9 Å². The number of nitrogens with zero attached hydrogens (tertiary/aromatic N) is 2. The van der Waals surface area contributed by atoms with Gasteiger partial charge in [-0.15, -0.1) is 0 Å². The molecule has 1 N–H and O–H groups in total. The highest BCUT2D eigenvalue weighted by Crippen LogP contribution is 2.34. The Hall–Kier alpha value is -2.78. The molecule has 3 aromatic rings. The van der Waals surface area contributed by atoms with Crippen LogP contribution in [-0.2, 0) is 32.6 Å². The number of halogens is 3. The molecule has 0 radical (unpaired) electrons. The molecule has 0 heterocycles. The summed E-state index contributed by atoms with van der Waals surface area (Å²) in [5, 5.41) is 3.64. The number of nitrogens with one attached hydrogen (secondary N) is 1. The van der Waals surface area contributed by atoms with E-state index in [0.717, 1.165) is 16.1 Å². The van der Waals surface area contributed by atoms with Gasteiger partial charge in [-0.05, 0) is 56.2 Å². The molecule has 0 aliphatic heterocycles. The molecule has 40 heavy (non-hydrogen) atoms. The number of anilines is 1. The zero-order valence-corrected chi connectivity index (χ0v) is 25.8. The summed E-state index contributed by atoms with van der Waals surface area (Å²) in [5.41, 5.74) is 1.04. The van der Waals surface area contributed by atoms with Gasteiger partial charge < -0.3 is 10.2 Å². The highest BCUT2D eigenvalue weighted by molar-refractivity contribution is 7.92. The van der Waals surface area contributed by atoms with E-state index in [1.807, 2.05) is 51.1 Å². The van der Waals surface area contributed by atoms with Gasteiger partial charge in [0.2, 0.25) is 21.8 Å². The number of benzene rings is 3. The molecular weight excluding hydrogens is 593 g/mol. The molecule has 0 spiro atoms. The van der Waals surface area contributed by atoms with Crippen molar-refractivity contribution >= 4 is 62.3 Å². The molecule has 0 aliphatic carbocycles. The van der Waals surface area contributed by atoms with E-state index >= 15 is 0 Å². The zero-order valence-electron chi connectivity index (χ0n) is 22.7. The Bertz CT molecular complexity index is 1440.